The lowest BCUT2D eigenvalue weighted by atomic mass is 10.6. The standard InChI is InChI=1S/C7H13N5O3/c8-1-3-11-5(13)10-6(14)12(4-2-9)7(11)15/h1-4,8-9H2,(H,10,13,14). The number of hydrogen-bond acceptors (Lipinski definition) is 5. The molecule has 0 unspecified atom stereocenters. The Kier molecular flexibility index (Phi) is 3.58. The van der Waals surface area contributed by atoms with Crippen LogP contribution in [-0.4, -0.2) is 27.2 Å². The molecule has 0 aliphatic heterocycles. The quantitative estimate of drug-likeness (QED) is 0.482. The van der Waals surface area contributed by atoms with E-state index >= 15 is 0 Å². The van der Waals surface area contributed by atoms with Crippen molar-refractivity contribution in [3.63, 3.8) is 0 Å². The maximum atomic E-state index is 11.6. The lowest BCUT2D eigenvalue weighted by Crippen LogP contribution is -2.50. The largest absolute Gasteiger partial charge is 0.336 e. The van der Waals surface area contributed by atoms with Crippen LogP contribution in [0.2, 0.25) is 0 Å². The summed E-state index contributed by atoms with van der Waals surface area (Å²) >= 11 is 0. The third-order valence-electron chi connectivity index (χ3n) is 1.87. The van der Waals surface area contributed by atoms with Gasteiger partial charge in [0.25, 0.3) is 0 Å². The summed E-state index contributed by atoms with van der Waals surface area (Å²) in [5.74, 6) is 0. The number of nitrogens with zero attached hydrogens (tertiary/aromatic N) is 2. The molecule has 84 valence electrons. The molecular weight excluding hydrogens is 202 g/mol. The Hall–Kier alpha value is -1.67. The SMILES string of the molecule is NCCn1c(=O)[nH]c(=O)n(CCN)c1=O. The molecule has 0 aromatic carbocycles. The first-order valence-corrected chi connectivity index (χ1v) is 4.46. The summed E-state index contributed by atoms with van der Waals surface area (Å²) in [6.45, 7) is 0.422. The van der Waals surface area contributed by atoms with E-state index < -0.39 is 17.1 Å². The molecule has 1 heterocycles. The molecule has 0 aliphatic carbocycles. The highest BCUT2D eigenvalue weighted by Gasteiger charge is 2.07. The third kappa shape index (κ3) is 2.22. The Labute approximate surface area is 84.1 Å². The van der Waals surface area contributed by atoms with Crippen molar-refractivity contribution in [3.8, 4) is 0 Å². The van der Waals surface area contributed by atoms with Crippen molar-refractivity contribution >= 4 is 0 Å². The van der Waals surface area contributed by atoms with Gasteiger partial charge < -0.3 is 11.5 Å². The summed E-state index contributed by atoms with van der Waals surface area (Å²) < 4.78 is 1.74. The fourth-order valence-corrected chi connectivity index (χ4v) is 1.20. The molecule has 0 spiro atoms. The molecule has 15 heavy (non-hydrogen) atoms. The average molecular weight is 215 g/mol. The lowest BCUT2D eigenvalue weighted by Gasteiger charge is -2.06. The summed E-state index contributed by atoms with van der Waals surface area (Å²) in [4.78, 5) is 36.0. The van der Waals surface area contributed by atoms with E-state index in [1.54, 1.807) is 0 Å². The van der Waals surface area contributed by atoms with Gasteiger partial charge in [0.05, 0.1) is 0 Å². The lowest BCUT2D eigenvalue weighted by molar-refractivity contribution is 0.517. The first kappa shape index (κ1) is 11.4. The highest BCUT2D eigenvalue weighted by molar-refractivity contribution is 4.74. The minimum absolute atomic E-state index is 0.0685. The number of aromatic nitrogens is 3. The van der Waals surface area contributed by atoms with Crippen LogP contribution in [0.1, 0.15) is 0 Å². The molecule has 1 aromatic rings. The molecule has 0 aliphatic rings. The van der Waals surface area contributed by atoms with Crippen LogP contribution in [0.15, 0.2) is 14.4 Å². The molecule has 0 bridgehead atoms. The predicted octanol–water partition coefficient (Wildman–Crippen LogP) is -3.38. The molecule has 0 saturated heterocycles. The fraction of sp³-hybridized carbons (Fsp3) is 0.571. The topological polar surface area (TPSA) is 129 Å². The van der Waals surface area contributed by atoms with Crippen LogP contribution in [-0.2, 0) is 13.1 Å². The van der Waals surface area contributed by atoms with Crippen molar-refractivity contribution in [2.24, 2.45) is 11.5 Å². The van der Waals surface area contributed by atoms with Crippen molar-refractivity contribution in [1.82, 2.24) is 14.1 Å². The van der Waals surface area contributed by atoms with Crippen LogP contribution in [0.5, 0.6) is 0 Å². The highest BCUT2D eigenvalue weighted by Crippen LogP contribution is 1.69. The number of hydrogen-bond donors (Lipinski definition) is 3. The van der Waals surface area contributed by atoms with Gasteiger partial charge in [-0.05, 0) is 0 Å². The van der Waals surface area contributed by atoms with Crippen LogP contribution in [0, 0.1) is 0 Å². The van der Waals surface area contributed by atoms with Crippen LogP contribution in [0.3, 0.4) is 0 Å². The Bertz CT molecular complexity index is 455. The van der Waals surface area contributed by atoms with E-state index in [0.29, 0.717) is 0 Å². The summed E-state index contributed by atoms with van der Waals surface area (Å²) in [7, 11) is 0. The second-order valence-electron chi connectivity index (χ2n) is 2.90. The molecule has 8 heteroatoms. The number of H-pyrrole nitrogens is 1. The van der Waals surface area contributed by atoms with Crippen LogP contribution >= 0.6 is 0 Å². The monoisotopic (exact) mass is 215 g/mol. The average Bonchev–Trinajstić information content (AvgIpc) is 2.19. The number of nitrogens with one attached hydrogen (secondary N) is 1. The van der Waals surface area contributed by atoms with E-state index in [0.717, 1.165) is 9.13 Å². The first-order valence-electron chi connectivity index (χ1n) is 4.46. The molecule has 1 aromatic heterocycles. The Balaban J connectivity index is 3.43. The van der Waals surface area contributed by atoms with E-state index in [4.69, 9.17) is 11.5 Å². The normalized spacial score (nSPS) is 10.5. The molecule has 0 fully saturated rings. The number of nitrogens with two attached hydrogens (primary N) is 2. The van der Waals surface area contributed by atoms with Crippen molar-refractivity contribution in [2.75, 3.05) is 13.1 Å². The van der Waals surface area contributed by atoms with Gasteiger partial charge in [0.15, 0.2) is 0 Å². The van der Waals surface area contributed by atoms with Gasteiger partial charge in [-0.1, -0.05) is 0 Å². The van der Waals surface area contributed by atoms with Crippen molar-refractivity contribution in [2.45, 2.75) is 13.1 Å². The molecule has 0 saturated carbocycles. The fourth-order valence-electron chi connectivity index (χ4n) is 1.20. The maximum Gasteiger partial charge on any atom is 0.336 e. The molecule has 5 N–H and O–H groups in total. The smallest absolute Gasteiger partial charge is 0.329 e. The number of rotatable bonds is 4. The Morgan fingerprint density at radius 3 is 1.67 bits per heavy atom. The molecule has 0 atom stereocenters. The minimum Gasteiger partial charge on any atom is -0.329 e. The Morgan fingerprint density at radius 2 is 1.33 bits per heavy atom. The summed E-state index contributed by atoms with van der Waals surface area (Å²) in [6.07, 6.45) is 0. The van der Waals surface area contributed by atoms with Gasteiger partial charge in [0.2, 0.25) is 0 Å². The van der Waals surface area contributed by atoms with Crippen molar-refractivity contribution < 1.29 is 0 Å². The van der Waals surface area contributed by atoms with Crippen LogP contribution < -0.4 is 28.5 Å². The molecule has 8 nitrogen and oxygen atoms in total. The second kappa shape index (κ2) is 4.71. The van der Waals surface area contributed by atoms with E-state index in [2.05, 4.69) is 0 Å². The van der Waals surface area contributed by atoms with Crippen LogP contribution in [0.4, 0.5) is 0 Å². The van der Waals surface area contributed by atoms with Gasteiger partial charge in [-0.2, -0.15) is 0 Å². The van der Waals surface area contributed by atoms with Gasteiger partial charge >= 0.3 is 17.1 Å². The second-order valence-corrected chi connectivity index (χ2v) is 2.90. The predicted molar refractivity (Wildman–Crippen MR) is 53.7 cm³/mol. The van der Waals surface area contributed by atoms with E-state index in [1.165, 1.54) is 0 Å². The summed E-state index contributed by atoms with van der Waals surface area (Å²) in [6, 6.07) is 0. The van der Waals surface area contributed by atoms with E-state index in [-0.39, 0.29) is 26.2 Å². The Morgan fingerprint density at radius 1 is 0.933 bits per heavy atom. The molecule has 1 rings (SSSR count). The maximum absolute atomic E-state index is 11.6. The molecular formula is C7H13N5O3. The molecule has 0 amide bonds. The molecule has 0 radical (unpaired) electrons. The van der Waals surface area contributed by atoms with Gasteiger partial charge in [0.1, 0.15) is 0 Å². The van der Waals surface area contributed by atoms with Gasteiger partial charge in [0, 0.05) is 26.2 Å². The highest BCUT2D eigenvalue weighted by atomic mass is 16.2. The number of aromatic amines is 1. The first-order chi connectivity index (χ1) is 7.11. The zero-order chi connectivity index (χ0) is 11.4. The minimum atomic E-state index is -0.747. The third-order valence-corrected chi connectivity index (χ3v) is 1.87. The van der Waals surface area contributed by atoms with Gasteiger partial charge in [-0.15, -0.1) is 0 Å². The summed E-state index contributed by atoms with van der Waals surface area (Å²) in [5, 5.41) is 0. The van der Waals surface area contributed by atoms with Crippen LogP contribution in [0.25, 0.3) is 0 Å². The van der Waals surface area contributed by atoms with E-state index in [1.807, 2.05) is 4.98 Å². The van der Waals surface area contributed by atoms with Crippen molar-refractivity contribution in [3.05, 3.63) is 31.5 Å². The summed E-state index contributed by atoms with van der Waals surface area (Å²) in [5.41, 5.74) is 8.30. The zero-order valence-corrected chi connectivity index (χ0v) is 8.10. The zero-order valence-electron chi connectivity index (χ0n) is 8.10. The van der Waals surface area contributed by atoms with Crippen molar-refractivity contribution in [1.29, 1.82) is 0 Å². The van der Waals surface area contributed by atoms with E-state index in [9.17, 15) is 14.4 Å². The van der Waals surface area contributed by atoms with Gasteiger partial charge in [-0.3, -0.25) is 4.98 Å². The van der Waals surface area contributed by atoms with Gasteiger partial charge in [-0.25, -0.2) is 23.5 Å².